The van der Waals surface area contributed by atoms with Gasteiger partial charge in [0.1, 0.15) is 0 Å². The summed E-state index contributed by atoms with van der Waals surface area (Å²) in [5.74, 6) is 0. The molecule has 4 rings (SSSR count). The molecule has 0 fully saturated rings. The van der Waals surface area contributed by atoms with Crippen LogP contribution >= 0.6 is 7.29 Å². The second-order valence-corrected chi connectivity index (χ2v) is 10.7. The van der Waals surface area contributed by atoms with Crippen LogP contribution in [0.25, 0.3) is 11.1 Å². The number of aryl methyl sites for hydroxylation is 2. The lowest BCUT2D eigenvalue weighted by Gasteiger charge is -2.26. The minimum absolute atomic E-state index is 0.788. The van der Waals surface area contributed by atoms with E-state index >= 15 is 0 Å². The zero-order chi connectivity index (χ0) is 22.7. The fourth-order valence-corrected chi connectivity index (χ4v) is 6.43. The maximum Gasteiger partial charge on any atom is 0.227 e. The van der Waals surface area contributed by atoms with Gasteiger partial charge in [0.15, 0.2) is 0 Å². The van der Waals surface area contributed by atoms with E-state index in [4.69, 9.17) is 0 Å². The molecule has 0 spiro atoms. The summed E-state index contributed by atoms with van der Waals surface area (Å²) in [4.78, 5) is 2.13. The van der Waals surface area contributed by atoms with Crippen molar-refractivity contribution in [3.05, 3.63) is 108 Å². The normalized spacial score (nSPS) is 11.2. The van der Waals surface area contributed by atoms with E-state index in [1.54, 1.807) is 0 Å². The number of hydrogen-bond donors (Lipinski definition) is 1. The van der Waals surface area contributed by atoms with Crippen LogP contribution in [0.4, 0.5) is 11.4 Å². The molecule has 0 saturated heterocycles. The Balaban J connectivity index is 1.95. The Morgan fingerprint density at radius 3 is 1.66 bits per heavy atom. The van der Waals surface area contributed by atoms with Crippen molar-refractivity contribution in [2.24, 2.45) is 0 Å². The van der Waals surface area contributed by atoms with E-state index in [9.17, 15) is 4.57 Å². The zero-order valence-corrected chi connectivity index (χ0v) is 19.9. The summed E-state index contributed by atoms with van der Waals surface area (Å²) in [5, 5.41) is 5.10. The topological polar surface area (TPSA) is 32.3 Å². The number of rotatable bonds is 6. The Labute approximate surface area is 191 Å². The number of anilines is 2. The van der Waals surface area contributed by atoms with Gasteiger partial charge in [-0.2, -0.15) is 0 Å². The molecule has 4 heteroatoms. The van der Waals surface area contributed by atoms with Gasteiger partial charge in [-0.05, 0) is 61.4 Å². The van der Waals surface area contributed by atoms with Crippen LogP contribution in [0.2, 0.25) is 0 Å². The Morgan fingerprint density at radius 1 is 0.625 bits per heavy atom. The lowest BCUT2D eigenvalue weighted by Crippen LogP contribution is -2.22. The molecule has 32 heavy (non-hydrogen) atoms. The molecule has 0 bridgehead atoms. The Hall–Kier alpha value is -3.29. The molecule has 0 aliphatic heterocycles. The third-order valence-corrected chi connectivity index (χ3v) is 8.38. The zero-order valence-electron chi connectivity index (χ0n) is 19.0. The minimum Gasteiger partial charge on any atom is -0.377 e. The predicted octanol–water partition coefficient (Wildman–Crippen LogP) is 6.38. The van der Waals surface area contributed by atoms with Gasteiger partial charge in [-0.3, -0.25) is 4.57 Å². The smallest absolute Gasteiger partial charge is 0.227 e. The van der Waals surface area contributed by atoms with Crippen molar-refractivity contribution >= 4 is 29.3 Å². The minimum atomic E-state index is -3.13. The van der Waals surface area contributed by atoms with Crippen molar-refractivity contribution in [3.8, 4) is 11.1 Å². The van der Waals surface area contributed by atoms with Crippen LogP contribution < -0.4 is 20.6 Å². The lowest BCUT2D eigenvalue weighted by atomic mass is 9.93. The Morgan fingerprint density at radius 2 is 1.12 bits per heavy atom. The van der Waals surface area contributed by atoms with Crippen molar-refractivity contribution in [3.63, 3.8) is 0 Å². The van der Waals surface area contributed by atoms with E-state index in [1.165, 1.54) is 5.56 Å². The van der Waals surface area contributed by atoms with Crippen molar-refractivity contribution in [1.82, 2.24) is 0 Å². The predicted molar refractivity (Wildman–Crippen MR) is 139 cm³/mol. The standard InChI is InChI=1S/C28H29N2OP/c1-21-13-11-19-25(27(21)28-22(2)14-12-20-26(28)30(3)4)29-32(31,23-15-7-5-8-16-23)24-17-9-6-10-18-24/h5-20H,1-4H3,(H,29,31). The quantitative estimate of drug-likeness (QED) is 0.353. The molecule has 0 aliphatic carbocycles. The highest BCUT2D eigenvalue weighted by Crippen LogP contribution is 2.48. The van der Waals surface area contributed by atoms with Gasteiger partial charge < -0.3 is 9.99 Å². The van der Waals surface area contributed by atoms with E-state index in [1.807, 2.05) is 72.8 Å². The van der Waals surface area contributed by atoms with E-state index in [0.717, 1.165) is 38.7 Å². The van der Waals surface area contributed by atoms with Crippen LogP contribution in [0.5, 0.6) is 0 Å². The first-order valence-electron chi connectivity index (χ1n) is 10.8. The van der Waals surface area contributed by atoms with Crippen LogP contribution in [0, 0.1) is 13.8 Å². The molecule has 4 aromatic carbocycles. The second-order valence-electron chi connectivity index (χ2n) is 8.25. The molecular weight excluding hydrogens is 411 g/mol. The first-order valence-corrected chi connectivity index (χ1v) is 12.5. The molecule has 0 saturated carbocycles. The van der Waals surface area contributed by atoms with Crippen LogP contribution in [0.1, 0.15) is 11.1 Å². The van der Waals surface area contributed by atoms with Gasteiger partial charge in [0, 0.05) is 47.2 Å². The maximum atomic E-state index is 14.7. The van der Waals surface area contributed by atoms with Gasteiger partial charge in [0.05, 0.1) is 0 Å². The van der Waals surface area contributed by atoms with E-state index < -0.39 is 7.29 Å². The molecule has 0 unspecified atom stereocenters. The third-order valence-electron chi connectivity index (χ3n) is 5.77. The molecule has 1 N–H and O–H groups in total. The van der Waals surface area contributed by atoms with E-state index in [0.29, 0.717) is 0 Å². The molecule has 0 radical (unpaired) electrons. The molecule has 3 nitrogen and oxygen atoms in total. The summed E-state index contributed by atoms with van der Waals surface area (Å²) >= 11 is 0. The van der Waals surface area contributed by atoms with Gasteiger partial charge in [0.2, 0.25) is 7.29 Å². The molecule has 0 amide bonds. The van der Waals surface area contributed by atoms with Crippen molar-refractivity contribution < 1.29 is 4.57 Å². The van der Waals surface area contributed by atoms with Gasteiger partial charge >= 0.3 is 0 Å². The number of nitrogens with one attached hydrogen (secondary N) is 1. The summed E-state index contributed by atoms with van der Waals surface area (Å²) in [6, 6.07) is 31.9. The Bertz CT molecular complexity index is 1220. The van der Waals surface area contributed by atoms with Gasteiger partial charge in [-0.1, -0.05) is 60.7 Å². The maximum absolute atomic E-state index is 14.7. The molecule has 162 valence electrons. The largest absolute Gasteiger partial charge is 0.377 e. The second kappa shape index (κ2) is 9.06. The fraction of sp³-hybridized carbons (Fsp3) is 0.143. The highest BCUT2D eigenvalue weighted by atomic mass is 31.2. The molecule has 0 aromatic heterocycles. The molecule has 0 heterocycles. The number of benzene rings is 4. The lowest BCUT2D eigenvalue weighted by molar-refractivity contribution is 0.590. The molecular formula is C28H29N2OP. The van der Waals surface area contributed by atoms with Crippen LogP contribution in [0.15, 0.2) is 97.1 Å². The molecule has 4 aromatic rings. The average molecular weight is 441 g/mol. The van der Waals surface area contributed by atoms with Gasteiger partial charge in [-0.15, -0.1) is 0 Å². The molecule has 0 aliphatic rings. The van der Waals surface area contributed by atoms with Gasteiger partial charge in [0.25, 0.3) is 0 Å². The third kappa shape index (κ3) is 4.09. The fourth-order valence-electron chi connectivity index (χ4n) is 4.17. The summed E-state index contributed by atoms with van der Waals surface area (Å²) in [5.41, 5.74) is 6.57. The SMILES string of the molecule is Cc1cccc(NP(=O)(c2ccccc2)c2ccccc2)c1-c1c(C)cccc1N(C)C. The van der Waals surface area contributed by atoms with Crippen molar-refractivity contribution in [1.29, 1.82) is 0 Å². The van der Waals surface area contributed by atoms with E-state index in [-0.39, 0.29) is 0 Å². The first-order chi connectivity index (χ1) is 15.4. The van der Waals surface area contributed by atoms with Crippen molar-refractivity contribution in [2.45, 2.75) is 13.8 Å². The monoisotopic (exact) mass is 440 g/mol. The summed E-state index contributed by atoms with van der Waals surface area (Å²) in [6.07, 6.45) is 0. The summed E-state index contributed by atoms with van der Waals surface area (Å²) in [6.45, 7) is 4.24. The number of nitrogens with zero attached hydrogens (tertiary/aromatic N) is 1. The van der Waals surface area contributed by atoms with E-state index in [2.05, 4.69) is 62.2 Å². The van der Waals surface area contributed by atoms with Crippen LogP contribution in [0.3, 0.4) is 0 Å². The highest BCUT2D eigenvalue weighted by molar-refractivity contribution is 7.80. The Kier molecular flexibility index (Phi) is 6.21. The number of hydrogen-bond acceptors (Lipinski definition) is 2. The van der Waals surface area contributed by atoms with Crippen LogP contribution in [-0.2, 0) is 4.57 Å². The average Bonchev–Trinajstić information content (AvgIpc) is 2.81. The highest BCUT2D eigenvalue weighted by Gasteiger charge is 2.29. The summed E-state index contributed by atoms with van der Waals surface area (Å²) in [7, 11) is 0.985. The van der Waals surface area contributed by atoms with Gasteiger partial charge in [-0.25, -0.2) is 0 Å². The molecule has 0 atom stereocenters. The first kappa shape index (κ1) is 21.9. The summed E-state index contributed by atoms with van der Waals surface area (Å²) < 4.78 is 14.7. The van der Waals surface area contributed by atoms with Crippen molar-refractivity contribution in [2.75, 3.05) is 24.1 Å². The van der Waals surface area contributed by atoms with Crippen LogP contribution in [-0.4, -0.2) is 14.1 Å².